The number of pyridine rings is 1. The molecule has 1 heterocycles. The number of carbonyl (C=O) groups is 1. The molecule has 4 aromatic rings. The van der Waals surface area contributed by atoms with Gasteiger partial charge in [-0.1, -0.05) is 54.6 Å². The number of hydrogen-bond acceptors (Lipinski definition) is 4. The molecule has 0 atom stereocenters. The van der Waals surface area contributed by atoms with E-state index in [0.29, 0.717) is 12.2 Å². The van der Waals surface area contributed by atoms with Crippen molar-refractivity contribution < 1.29 is 9.53 Å². The quantitative estimate of drug-likeness (QED) is 0.479. The first-order chi connectivity index (χ1) is 15.3. The first-order valence-electron chi connectivity index (χ1n) is 10.3. The van der Waals surface area contributed by atoms with Gasteiger partial charge in [0.05, 0.1) is 5.71 Å². The number of rotatable bonds is 5. The maximum absolute atomic E-state index is 12.5. The summed E-state index contributed by atoms with van der Waals surface area (Å²) in [5.41, 5.74) is 8.39. The van der Waals surface area contributed by atoms with Gasteiger partial charge in [-0.15, -0.1) is 0 Å². The summed E-state index contributed by atoms with van der Waals surface area (Å²) in [5.74, 6) is 0.523. The predicted octanol–water partition coefficient (Wildman–Crippen LogP) is 4.89. The van der Waals surface area contributed by atoms with E-state index in [0.717, 1.165) is 46.3 Å². The van der Waals surface area contributed by atoms with Crippen LogP contribution in [0.4, 0.5) is 0 Å². The maximum Gasteiger partial charge on any atom is 0.271 e. The minimum Gasteiger partial charge on any atom is -0.487 e. The molecule has 1 amide bonds. The second-order valence-electron chi connectivity index (χ2n) is 7.47. The summed E-state index contributed by atoms with van der Waals surface area (Å²) in [6.45, 7) is 0.399. The number of nitrogens with zero attached hydrogens (tertiary/aromatic N) is 2. The third kappa shape index (κ3) is 4.03. The van der Waals surface area contributed by atoms with E-state index < -0.39 is 0 Å². The largest absolute Gasteiger partial charge is 0.487 e. The van der Waals surface area contributed by atoms with E-state index in [1.54, 1.807) is 18.3 Å². The highest BCUT2D eigenvalue weighted by atomic mass is 16.5. The molecule has 0 radical (unpaired) electrons. The molecule has 1 aromatic heterocycles. The summed E-state index contributed by atoms with van der Waals surface area (Å²) in [7, 11) is 0. The van der Waals surface area contributed by atoms with Gasteiger partial charge < -0.3 is 4.74 Å². The lowest BCUT2D eigenvalue weighted by Crippen LogP contribution is -2.19. The van der Waals surface area contributed by atoms with Crippen molar-refractivity contribution in [2.45, 2.75) is 19.4 Å². The number of hydrogen-bond donors (Lipinski definition) is 1. The second kappa shape index (κ2) is 8.40. The van der Waals surface area contributed by atoms with Gasteiger partial charge in [0.2, 0.25) is 0 Å². The second-order valence-corrected chi connectivity index (χ2v) is 7.47. The lowest BCUT2D eigenvalue weighted by atomic mass is 10.1. The number of ether oxygens (including phenoxy) is 1. The van der Waals surface area contributed by atoms with Gasteiger partial charge in [0.1, 0.15) is 17.9 Å². The highest BCUT2D eigenvalue weighted by Gasteiger charge is 2.17. The zero-order valence-corrected chi connectivity index (χ0v) is 16.9. The third-order valence-corrected chi connectivity index (χ3v) is 5.46. The minimum absolute atomic E-state index is 0.220. The fraction of sp³-hybridized carbons (Fsp3) is 0.115. The van der Waals surface area contributed by atoms with Crippen LogP contribution >= 0.6 is 0 Å². The summed E-state index contributed by atoms with van der Waals surface area (Å²) < 4.78 is 5.97. The molecule has 0 unspecified atom stereocenters. The summed E-state index contributed by atoms with van der Waals surface area (Å²) in [6, 6.07) is 25.3. The van der Waals surface area contributed by atoms with E-state index in [1.807, 2.05) is 60.7 Å². The topological polar surface area (TPSA) is 63.6 Å². The van der Waals surface area contributed by atoms with Gasteiger partial charge in [-0.25, -0.2) is 5.43 Å². The third-order valence-electron chi connectivity index (χ3n) is 5.46. The van der Waals surface area contributed by atoms with Gasteiger partial charge in [0, 0.05) is 22.7 Å². The number of amides is 1. The number of benzene rings is 3. The number of hydrazone groups is 1. The molecule has 1 aliphatic rings. The molecular formula is C26H21N3O2. The molecule has 0 saturated carbocycles. The fourth-order valence-electron chi connectivity index (χ4n) is 3.81. The van der Waals surface area contributed by atoms with Crippen LogP contribution in [0.5, 0.6) is 5.75 Å². The lowest BCUT2D eigenvalue weighted by Gasteiger charge is -2.09. The van der Waals surface area contributed by atoms with E-state index >= 15 is 0 Å². The maximum atomic E-state index is 12.5. The first kappa shape index (κ1) is 19.0. The molecule has 3 aromatic carbocycles. The number of aromatic nitrogens is 1. The van der Waals surface area contributed by atoms with Crippen molar-refractivity contribution in [3.05, 3.63) is 107 Å². The van der Waals surface area contributed by atoms with E-state index in [9.17, 15) is 4.79 Å². The summed E-state index contributed by atoms with van der Waals surface area (Å²) >= 11 is 0. The summed E-state index contributed by atoms with van der Waals surface area (Å²) in [4.78, 5) is 16.9. The van der Waals surface area contributed by atoms with Gasteiger partial charge in [-0.05, 0) is 48.2 Å². The average Bonchev–Trinajstić information content (AvgIpc) is 3.24. The zero-order valence-electron chi connectivity index (χ0n) is 16.9. The Kier molecular flexibility index (Phi) is 5.15. The first-order valence-corrected chi connectivity index (χ1v) is 10.3. The standard InChI is InChI=1S/C26H21N3O2/c30-26(29-28-23-15-14-19-5-1-2-8-22(19)23)21-12-10-18(11-13-21)17-31-24-9-3-6-20-7-4-16-27-25(20)24/h1-13,16H,14-15,17H2,(H,29,30). The highest BCUT2D eigenvalue weighted by Crippen LogP contribution is 2.24. The van der Waals surface area contributed by atoms with Crippen molar-refractivity contribution >= 4 is 22.5 Å². The average molecular weight is 407 g/mol. The monoisotopic (exact) mass is 407 g/mol. The van der Waals surface area contributed by atoms with Crippen LogP contribution in [0.1, 0.15) is 33.5 Å². The van der Waals surface area contributed by atoms with Crippen LogP contribution in [-0.4, -0.2) is 16.6 Å². The Morgan fingerprint density at radius 1 is 0.935 bits per heavy atom. The number of fused-ring (bicyclic) bond motifs is 2. The number of para-hydroxylation sites is 1. The molecule has 1 aliphatic carbocycles. The molecule has 1 N–H and O–H groups in total. The predicted molar refractivity (Wildman–Crippen MR) is 121 cm³/mol. The van der Waals surface area contributed by atoms with Crippen molar-refractivity contribution in [1.82, 2.24) is 10.4 Å². The number of nitrogens with one attached hydrogen (secondary N) is 1. The van der Waals surface area contributed by atoms with Crippen molar-refractivity contribution in [3.8, 4) is 5.75 Å². The Bertz CT molecular complexity index is 1270. The molecule has 0 saturated heterocycles. The fourth-order valence-corrected chi connectivity index (χ4v) is 3.81. The SMILES string of the molecule is O=C(NN=C1CCc2ccccc21)c1ccc(COc2cccc3cccnc23)cc1. The Balaban J connectivity index is 1.23. The number of carbonyl (C=O) groups excluding carboxylic acids is 1. The van der Waals surface area contributed by atoms with Crippen molar-refractivity contribution in [2.75, 3.05) is 0 Å². The number of aryl methyl sites for hydroxylation is 1. The van der Waals surface area contributed by atoms with E-state index in [-0.39, 0.29) is 5.91 Å². The van der Waals surface area contributed by atoms with E-state index in [1.165, 1.54) is 5.56 Å². The van der Waals surface area contributed by atoms with Crippen molar-refractivity contribution in [2.24, 2.45) is 5.10 Å². The van der Waals surface area contributed by atoms with E-state index in [2.05, 4.69) is 21.6 Å². The normalized spacial score (nSPS) is 13.9. The smallest absolute Gasteiger partial charge is 0.271 e. The van der Waals surface area contributed by atoms with Crippen molar-refractivity contribution in [1.29, 1.82) is 0 Å². The van der Waals surface area contributed by atoms with Crippen LogP contribution in [-0.2, 0) is 13.0 Å². The van der Waals surface area contributed by atoms with Crippen LogP contribution < -0.4 is 10.2 Å². The molecule has 0 spiro atoms. The van der Waals surface area contributed by atoms with Crippen molar-refractivity contribution in [3.63, 3.8) is 0 Å². The molecular weight excluding hydrogens is 386 g/mol. The minimum atomic E-state index is -0.220. The zero-order chi connectivity index (χ0) is 21.0. The molecule has 152 valence electrons. The van der Waals surface area contributed by atoms with Crippen LogP contribution in [0, 0.1) is 0 Å². The van der Waals surface area contributed by atoms with Gasteiger partial charge in [0.15, 0.2) is 0 Å². The molecule has 31 heavy (non-hydrogen) atoms. The molecule has 0 fully saturated rings. The Morgan fingerprint density at radius 2 is 1.77 bits per heavy atom. The van der Waals surface area contributed by atoms with Gasteiger partial charge in [-0.3, -0.25) is 9.78 Å². The van der Waals surface area contributed by atoms with Gasteiger partial charge in [-0.2, -0.15) is 5.10 Å². The molecule has 5 heteroatoms. The Labute approximate surface area is 180 Å². The van der Waals surface area contributed by atoms with Crippen LogP contribution in [0.25, 0.3) is 10.9 Å². The van der Waals surface area contributed by atoms with E-state index in [4.69, 9.17) is 4.74 Å². The summed E-state index contributed by atoms with van der Waals surface area (Å²) in [6.07, 6.45) is 3.57. The molecule has 5 nitrogen and oxygen atoms in total. The Hall–Kier alpha value is -3.99. The lowest BCUT2D eigenvalue weighted by molar-refractivity contribution is 0.0954. The molecule has 0 bridgehead atoms. The summed E-state index contributed by atoms with van der Waals surface area (Å²) in [5, 5.41) is 5.39. The molecule has 5 rings (SSSR count). The molecule has 0 aliphatic heterocycles. The van der Waals surface area contributed by atoms with Crippen LogP contribution in [0.2, 0.25) is 0 Å². The van der Waals surface area contributed by atoms with Gasteiger partial charge >= 0.3 is 0 Å². The van der Waals surface area contributed by atoms with Crippen LogP contribution in [0.15, 0.2) is 90.2 Å². The van der Waals surface area contributed by atoms with Gasteiger partial charge in [0.25, 0.3) is 5.91 Å². The highest BCUT2D eigenvalue weighted by molar-refractivity contribution is 6.05. The Morgan fingerprint density at radius 3 is 2.68 bits per heavy atom. The van der Waals surface area contributed by atoms with Crippen LogP contribution in [0.3, 0.4) is 0 Å².